The molecule has 23 heavy (non-hydrogen) atoms. The number of carbonyl (C=O) groups excluding carboxylic acids is 1. The van der Waals surface area contributed by atoms with Gasteiger partial charge in [0.1, 0.15) is 15.4 Å². The van der Waals surface area contributed by atoms with E-state index in [2.05, 4.69) is 10.1 Å². The molecule has 0 aliphatic carbocycles. The second-order valence-corrected chi connectivity index (χ2v) is 7.63. The Morgan fingerprint density at radius 2 is 1.83 bits per heavy atom. The van der Waals surface area contributed by atoms with Crippen molar-refractivity contribution < 1.29 is 27.9 Å². The highest BCUT2D eigenvalue weighted by molar-refractivity contribution is 7.90. The van der Waals surface area contributed by atoms with E-state index in [9.17, 15) is 23.1 Å². The highest BCUT2D eigenvalue weighted by Gasteiger charge is 2.40. The molecule has 0 heterocycles. The zero-order chi connectivity index (χ0) is 17.5. The lowest BCUT2D eigenvalue weighted by Gasteiger charge is -2.30. The zero-order valence-corrected chi connectivity index (χ0v) is 13.9. The molecule has 0 fully saturated rings. The molecule has 0 bridgehead atoms. The summed E-state index contributed by atoms with van der Waals surface area (Å²) in [6.45, 7) is 0. The van der Waals surface area contributed by atoms with Crippen LogP contribution in [-0.4, -0.2) is 50.2 Å². The number of methoxy groups -OCH3 is 1. The van der Waals surface area contributed by atoms with Crippen molar-refractivity contribution in [3.8, 4) is 0 Å². The van der Waals surface area contributed by atoms with Gasteiger partial charge in [-0.1, -0.05) is 30.3 Å². The minimum absolute atomic E-state index is 0.0525. The van der Waals surface area contributed by atoms with Crippen molar-refractivity contribution in [3.63, 3.8) is 0 Å². The van der Waals surface area contributed by atoms with Gasteiger partial charge in [0.05, 0.1) is 12.9 Å². The lowest BCUT2D eigenvalue weighted by atomic mass is 9.88. The summed E-state index contributed by atoms with van der Waals surface area (Å²) < 4.78 is 27.3. The van der Waals surface area contributed by atoms with Gasteiger partial charge < -0.3 is 15.2 Å². The predicted molar refractivity (Wildman–Crippen MR) is 85.0 cm³/mol. The Labute approximate surface area is 135 Å². The van der Waals surface area contributed by atoms with Crippen molar-refractivity contribution in [2.24, 2.45) is 0 Å². The number of alkyl carbamates (subject to hydrolysis) is 1. The molecule has 0 aromatic heterocycles. The number of ether oxygens (including phenoxy) is 1. The molecule has 1 aromatic rings. The Balaban J connectivity index is 2.99. The average Bonchev–Trinajstić information content (AvgIpc) is 2.49. The lowest BCUT2D eigenvalue weighted by Crippen LogP contribution is -2.55. The number of sulfone groups is 1. The van der Waals surface area contributed by atoms with E-state index in [1.807, 2.05) is 30.3 Å². The molecule has 0 radical (unpaired) electrons. The molecule has 0 aliphatic rings. The number of rotatable bonds is 8. The van der Waals surface area contributed by atoms with Gasteiger partial charge in [-0.15, -0.1) is 0 Å². The monoisotopic (exact) mass is 343 g/mol. The van der Waals surface area contributed by atoms with Crippen LogP contribution in [0.4, 0.5) is 4.79 Å². The molecular formula is C15H21NO6S. The van der Waals surface area contributed by atoms with Gasteiger partial charge in [0.15, 0.2) is 0 Å². The molecule has 7 nitrogen and oxygen atoms in total. The molecule has 1 atom stereocenters. The van der Waals surface area contributed by atoms with Crippen LogP contribution < -0.4 is 5.32 Å². The molecule has 1 aromatic carbocycles. The number of nitrogens with one attached hydrogen (secondary N) is 1. The fraction of sp³-hybridized carbons (Fsp3) is 0.467. The minimum Gasteiger partial charge on any atom is -0.480 e. The van der Waals surface area contributed by atoms with Gasteiger partial charge in [-0.05, 0) is 24.8 Å². The third-order valence-corrected chi connectivity index (χ3v) is 4.46. The van der Waals surface area contributed by atoms with Gasteiger partial charge in [0.25, 0.3) is 0 Å². The summed E-state index contributed by atoms with van der Waals surface area (Å²) in [5.74, 6) is -1.64. The molecule has 1 amide bonds. The van der Waals surface area contributed by atoms with Gasteiger partial charge >= 0.3 is 12.1 Å². The van der Waals surface area contributed by atoms with Crippen LogP contribution in [0.3, 0.4) is 0 Å². The minimum atomic E-state index is -3.37. The average molecular weight is 343 g/mol. The Morgan fingerprint density at radius 3 is 2.30 bits per heavy atom. The highest BCUT2D eigenvalue weighted by atomic mass is 32.2. The second-order valence-electron chi connectivity index (χ2n) is 5.37. The van der Waals surface area contributed by atoms with Crippen LogP contribution in [0.1, 0.15) is 18.4 Å². The fourth-order valence-corrected chi connectivity index (χ4v) is 2.85. The van der Waals surface area contributed by atoms with Crippen molar-refractivity contribution in [1.82, 2.24) is 5.32 Å². The van der Waals surface area contributed by atoms with Crippen molar-refractivity contribution >= 4 is 21.9 Å². The largest absolute Gasteiger partial charge is 0.480 e. The number of aliphatic carboxylic acids is 1. The van der Waals surface area contributed by atoms with Gasteiger partial charge in [-0.3, -0.25) is 0 Å². The molecule has 0 aliphatic heterocycles. The highest BCUT2D eigenvalue weighted by Crippen LogP contribution is 2.21. The van der Waals surface area contributed by atoms with E-state index in [1.54, 1.807) is 0 Å². The molecule has 1 unspecified atom stereocenters. The second kappa shape index (κ2) is 7.96. The zero-order valence-electron chi connectivity index (χ0n) is 13.1. The van der Waals surface area contributed by atoms with Gasteiger partial charge in [0.2, 0.25) is 0 Å². The van der Waals surface area contributed by atoms with Crippen LogP contribution in [0, 0.1) is 0 Å². The van der Waals surface area contributed by atoms with Gasteiger partial charge in [-0.2, -0.15) is 0 Å². The molecule has 0 spiro atoms. The third kappa shape index (κ3) is 6.27. The molecule has 2 N–H and O–H groups in total. The smallest absolute Gasteiger partial charge is 0.407 e. The molecule has 0 saturated heterocycles. The quantitative estimate of drug-likeness (QED) is 0.735. The van der Waals surface area contributed by atoms with Crippen LogP contribution in [0.2, 0.25) is 0 Å². The van der Waals surface area contributed by atoms with Crippen LogP contribution in [0.15, 0.2) is 30.3 Å². The van der Waals surface area contributed by atoms with Gasteiger partial charge in [0, 0.05) is 6.26 Å². The SMILES string of the molecule is COC(=O)NC(CCc1ccccc1)(CCS(C)(=O)=O)C(=O)O. The first-order valence-electron chi connectivity index (χ1n) is 7.00. The summed E-state index contributed by atoms with van der Waals surface area (Å²) >= 11 is 0. The molecular weight excluding hydrogens is 322 g/mol. The molecule has 0 saturated carbocycles. The molecule has 128 valence electrons. The van der Waals surface area contributed by atoms with Crippen molar-refractivity contribution in [2.45, 2.75) is 24.8 Å². The van der Waals surface area contributed by atoms with Gasteiger partial charge in [-0.25, -0.2) is 18.0 Å². The number of hydrogen-bond acceptors (Lipinski definition) is 5. The Morgan fingerprint density at radius 1 is 1.22 bits per heavy atom. The summed E-state index contributed by atoms with van der Waals surface area (Å²) in [7, 11) is -2.25. The van der Waals surface area contributed by atoms with Crippen molar-refractivity contribution in [1.29, 1.82) is 0 Å². The van der Waals surface area contributed by atoms with Crippen LogP contribution in [0.5, 0.6) is 0 Å². The number of carboxylic acid groups (broad SMARTS) is 1. The Bertz CT molecular complexity index is 643. The summed E-state index contributed by atoms with van der Waals surface area (Å²) in [5, 5.41) is 11.9. The number of carboxylic acids is 1. The number of benzene rings is 1. The van der Waals surface area contributed by atoms with Crippen molar-refractivity contribution in [3.05, 3.63) is 35.9 Å². The first-order chi connectivity index (χ1) is 10.7. The number of aryl methyl sites for hydroxylation is 1. The van der Waals surface area contributed by atoms with Crippen LogP contribution in [0.25, 0.3) is 0 Å². The van der Waals surface area contributed by atoms with E-state index in [0.29, 0.717) is 6.42 Å². The first-order valence-corrected chi connectivity index (χ1v) is 9.06. The summed E-state index contributed by atoms with van der Waals surface area (Å²) in [4.78, 5) is 23.3. The fourth-order valence-electron chi connectivity index (χ4n) is 2.13. The predicted octanol–water partition coefficient (Wildman–Crippen LogP) is 1.23. The maximum Gasteiger partial charge on any atom is 0.407 e. The standard InChI is InChI=1S/C15H21NO6S/c1-22-14(19)16-15(13(17)18,10-11-23(2,20)21)9-8-12-6-4-3-5-7-12/h3-7H,8-11H2,1-2H3,(H,16,19)(H,17,18). The third-order valence-electron chi connectivity index (χ3n) is 3.52. The summed E-state index contributed by atoms with van der Waals surface area (Å²) in [6.07, 6.45) is 0.310. The lowest BCUT2D eigenvalue weighted by molar-refractivity contribution is -0.145. The maximum absolute atomic E-state index is 11.7. The van der Waals surface area contributed by atoms with E-state index in [-0.39, 0.29) is 18.6 Å². The maximum atomic E-state index is 11.7. The van der Waals surface area contributed by atoms with E-state index in [0.717, 1.165) is 18.9 Å². The van der Waals surface area contributed by atoms with E-state index >= 15 is 0 Å². The number of hydrogen-bond donors (Lipinski definition) is 2. The van der Waals surface area contributed by atoms with E-state index in [1.165, 1.54) is 0 Å². The normalized spacial score (nSPS) is 13.8. The van der Waals surface area contributed by atoms with Crippen molar-refractivity contribution in [2.75, 3.05) is 19.1 Å². The topological polar surface area (TPSA) is 110 Å². The first kappa shape index (κ1) is 19.0. The Hall–Kier alpha value is -2.09. The summed E-state index contributed by atoms with van der Waals surface area (Å²) in [6, 6.07) is 9.15. The molecule has 1 rings (SSSR count). The molecule has 8 heteroatoms. The van der Waals surface area contributed by atoms with E-state index in [4.69, 9.17) is 0 Å². The summed E-state index contributed by atoms with van der Waals surface area (Å²) in [5.41, 5.74) is -0.810. The van der Waals surface area contributed by atoms with E-state index < -0.39 is 27.4 Å². The number of carbonyl (C=O) groups is 2. The van der Waals surface area contributed by atoms with Crippen LogP contribution >= 0.6 is 0 Å². The number of amides is 1. The van der Waals surface area contributed by atoms with Crippen LogP contribution in [-0.2, 0) is 25.8 Å². The Kier molecular flexibility index (Phi) is 6.56.